The van der Waals surface area contributed by atoms with E-state index in [1.807, 2.05) is 18.2 Å². The van der Waals surface area contributed by atoms with Crippen LogP contribution in [-0.4, -0.2) is 29.4 Å². The van der Waals surface area contributed by atoms with Gasteiger partial charge < -0.3 is 10.1 Å². The van der Waals surface area contributed by atoms with Crippen LogP contribution in [0.4, 0.5) is 0 Å². The maximum atomic E-state index is 12.5. The molecule has 2 aromatic carbocycles. The average molecular weight is 362 g/mol. The van der Waals surface area contributed by atoms with Crippen LogP contribution < -0.4 is 10.9 Å². The first-order valence-corrected chi connectivity index (χ1v) is 8.40. The Kier molecular flexibility index (Phi) is 5.59. The maximum Gasteiger partial charge on any atom is 0.274 e. The summed E-state index contributed by atoms with van der Waals surface area (Å²) in [6, 6.07) is 15.6. The van der Waals surface area contributed by atoms with Gasteiger partial charge in [0.15, 0.2) is 0 Å². The van der Waals surface area contributed by atoms with Crippen molar-refractivity contribution in [1.82, 2.24) is 15.1 Å². The Balaban J connectivity index is 1.89. The van der Waals surface area contributed by atoms with Crippen LogP contribution in [0.15, 0.2) is 53.3 Å². The van der Waals surface area contributed by atoms with Crippen LogP contribution in [-0.2, 0) is 17.8 Å². The predicted molar refractivity (Wildman–Crippen MR) is 100 cm³/mol. The second kappa shape index (κ2) is 8.25. The van der Waals surface area contributed by atoms with Gasteiger partial charge in [0, 0.05) is 18.1 Å². The van der Waals surface area contributed by atoms with Crippen molar-refractivity contribution in [2.75, 3.05) is 13.7 Å². The van der Waals surface area contributed by atoms with E-state index in [0.29, 0.717) is 40.7 Å². The molecule has 0 radical (unpaired) electrons. The smallest absolute Gasteiger partial charge is 0.274 e. The molecule has 0 aliphatic rings. The molecule has 7 heteroatoms. The molecule has 0 atom stereocenters. The van der Waals surface area contributed by atoms with E-state index in [1.165, 1.54) is 10.7 Å². The summed E-state index contributed by atoms with van der Waals surface area (Å²) in [7, 11) is 1.56. The third-order valence-corrected chi connectivity index (χ3v) is 4.12. The molecule has 0 unspecified atom stereocenters. The van der Waals surface area contributed by atoms with Crippen molar-refractivity contribution < 1.29 is 9.53 Å². The first-order chi connectivity index (χ1) is 13.1. The molecule has 3 aromatic rings. The Hall–Kier alpha value is -3.50. The Morgan fingerprint density at radius 2 is 2.00 bits per heavy atom. The summed E-state index contributed by atoms with van der Waals surface area (Å²) in [5, 5.41) is 17.4. The lowest BCUT2D eigenvalue weighted by molar-refractivity contribution is 0.0950. The number of hydrogen-bond acceptors (Lipinski definition) is 5. The molecule has 0 bridgehead atoms. The largest absolute Gasteiger partial charge is 0.383 e. The number of nitriles is 1. The third-order valence-electron chi connectivity index (χ3n) is 4.12. The molecule has 1 heterocycles. The molecule has 0 aliphatic carbocycles. The minimum Gasteiger partial charge on any atom is -0.383 e. The molecule has 3 rings (SSSR count). The van der Waals surface area contributed by atoms with Gasteiger partial charge in [-0.2, -0.15) is 10.4 Å². The fraction of sp³-hybridized carbons (Fsp3) is 0.200. The van der Waals surface area contributed by atoms with E-state index < -0.39 is 0 Å². The number of fused-ring (bicyclic) bond motifs is 1. The fourth-order valence-corrected chi connectivity index (χ4v) is 2.76. The number of benzene rings is 2. The number of nitrogens with zero attached hydrogens (tertiary/aromatic N) is 3. The minimum atomic E-state index is -0.312. The van der Waals surface area contributed by atoms with Gasteiger partial charge in [0.1, 0.15) is 0 Å². The minimum absolute atomic E-state index is 0.156. The Morgan fingerprint density at radius 1 is 1.22 bits per heavy atom. The highest BCUT2D eigenvalue weighted by Crippen LogP contribution is 2.13. The van der Waals surface area contributed by atoms with Crippen LogP contribution in [0.25, 0.3) is 10.8 Å². The number of nitrogens with one attached hydrogen (secondary N) is 1. The summed E-state index contributed by atoms with van der Waals surface area (Å²) in [5.41, 5.74) is 1.20. The first-order valence-electron chi connectivity index (χ1n) is 8.40. The maximum absolute atomic E-state index is 12.5. The lowest BCUT2D eigenvalue weighted by Crippen LogP contribution is -2.29. The zero-order valence-electron chi connectivity index (χ0n) is 14.8. The second-order valence-electron chi connectivity index (χ2n) is 5.89. The Morgan fingerprint density at radius 3 is 2.74 bits per heavy atom. The molecule has 136 valence electrons. The molecule has 0 spiro atoms. The van der Waals surface area contributed by atoms with Crippen LogP contribution >= 0.6 is 0 Å². The van der Waals surface area contributed by atoms with Gasteiger partial charge in [-0.15, -0.1) is 0 Å². The van der Waals surface area contributed by atoms with Crippen molar-refractivity contribution in [2.24, 2.45) is 0 Å². The summed E-state index contributed by atoms with van der Waals surface area (Å²) >= 11 is 0. The zero-order chi connectivity index (χ0) is 19.2. The monoisotopic (exact) mass is 362 g/mol. The van der Waals surface area contributed by atoms with Crippen LogP contribution in [0.3, 0.4) is 0 Å². The van der Waals surface area contributed by atoms with Crippen molar-refractivity contribution in [3.63, 3.8) is 0 Å². The lowest BCUT2D eigenvalue weighted by Gasteiger charge is -2.11. The van der Waals surface area contributed by atoms with E-state index in [2.05, 4.69) is 10.4 Å². The Bertz CT molecular complexity index is 1080. The van der Waals surface area contributed by atoms with E-state index >= 15 is 0 Å². The highest BCUT2D eigenvalue weighted by molar-refractivity contribution is 5.94. The van der Waals surface area contributed by atoms with E-state index in [-0.39, 0.29) is 18.0 Å². The van der Waals surface area contributed by atoms with Gasteiger partial charge in [-0.1, -0.05) is 24.3 Å². The molecular weight excluding hydrogens is 344 g/mol. The molecule has 0 saturated heterocycles. The van der Waals surface area contributed by atoms with Gasteiger partial charge in [-0.25, -0.2) is 4.68 Å². The summed E-state index contributed by atoms with van der Waals surface area (Å²) in [6.07, 6.45) is 0. The molecule has 27 heavy (non-hydrogen) atoms. The van der Waals surface area contributed by atoms with Crippen LogP contribution in [0.1, 0.15) is 21.6 Å². The number of methoxy groups -OCH3 is 1. The molecule has 7 nitrogen and oxygen atoms in total. The molecule has 0 aliphatic heterocycles. The topological polar surface area (TPSA) is 97.0 Å². The van der Waals surface area contributed by atoms with Crippen LogP contribution in [0, 0.1) is 11.3 Å². The number of carbonyl (C=O) groups excluding carboxylic acids is 1. The number of hydrogen-bond donors (Lipinski definition) is 1. The molecule has 0 fully saturated rings. The summed E-state index contributed by atoms with van der Waals surface area (Å²) in [5.74, 6) is -0.312. The normalized spacial score (nSPS) is 10.5. The van der Waals surface area contributed by atoms with E-state index in [9.17, 15) is 9.59 Å². The average Bonchev–Trinajstić information content (AvgIpc) is 2.72. The Labute approximate surface area is 155 Å². The van der Waals surface area contributed by atoms with Gasteiger partial charge >= 0.3 is 0 Å². The third kappa shape index (κ3) is 4.02. The molecule has 1 N–H and O–H groups in total. The van der Waals surface area contributed by atoms with Gasteiger partial charge in [-0.05, 0) is 24.3 Å². The zero-order valence-corrected chi connectivity index (χ0v) is 14.8. The van der Waals surface area contributed by atoms with Gasteiger partial charge in [0.05, 0.1) is 42.4 Å². The highest BCUT2D eigenvalue weighted by Gasteiger charge is 2.12. The van der Waals surface area contributed by atoms with Crippen molar-refractivity contribution in [1.29, 1.82) is 5.26 Å². The number of rotatable bonds is 6. The van der Waals surface area contributed by atoms with Crippen molar-refractivity contribution in [2.45, 2.75) is 13.1 Å². The van der Waals surface area contributed by atoms with Crippen molar-refractivity contribution in [3.05, 3.63) is 75.7 Å². The fourth-order valence-electron chi connectivity index (χ4n) is 2.76. The van der Waals surface area contributed by atoms with Crippen LogP contribution in [0.5, 0.6) is 0 Å². The first kappa shape index (κ1) is 18.3. The van der Waals surface area contributed by atoms with Crippen molar-refractivity contribution >= 4 is 16.7 Å². The summed E-state index contributed by atoms with van der Waals surface area (Å²) in [4.78, 5) is 25.0. The second-order valence-corrected chi connectivity index (χ2v) is 5.89. The van der Waals surface area contributed by atoms with Gasteiger partial charge in [0.2, 0.25) is 0 Å². The molecule has 0 saturated carbocycles. The van der Waals surface area contributed by atoms with Gasteiger partial charge in [0.25, 0.3) is 11.5 Å². The predicted octanol–water partition coefficient (Wildman–Crippen LogP) is 1.84. The standard InChI is InChI=1S/C20H18N4O3/c1-27-10-9-24-20(26)17-8-3-2-7-16(17)18(23-24)13-22-19(25)15-6-4-5-14(11-15)12-21/h2-8,11H,9-10,13H2,1H3,(H,22,25). The van der Waals surface area contributed by atoms with Gasteiger partial charge in [-0.3, -0.25) is 9.59 Å². The molecule has 1 amide bonds. The van der Waals surface area contributed by atoms with E-state index in [1.54, 1.807) is 37.4 Å². The van der Waals surface area contributed by atoms with Crippen LogP contribution in [0.2, 0.25) is 0 Å². The van der Waals surface area contributed by atoms with Crippen molar-refractivity contribution in [3.8, 4) is 6.07 Å². The SMILES string of the molecule is COCCn1nc(CNC(=O)c2cccc(C#N)c2)c2ccccc2c1=O. The number of ether oxygens (including phenoxy) is 1. The highest BCUT2D eigenvalue weighted by atomic mass is 16.5. The molecule has 1 aromatic heterocycles. The lowest BCUT2D eigenvalue weighted by atomic mass is 10.1. The number of amides is 1. The van der Waals surface area contributed by atoms with E-state index in [4.69, 9.17) is 10.00 Å². The quantitative estimate of drug-likeness (QED) is 0.722. The number of aromatic nitrogens is 2. The van der Waals surface area contributed by atoms with E-state index in [0.717, 1.165) is 0 Å². The number of carbonyl (C=O) groups is 1. The molecular formula is C20H18N4O3. The summed E-state index contributed by atoms with van der Waals surface area (Å²) < 4.78 is 6.39. The summed E-state index contributed by atoms with van der Waals surface area (Å²) in [6.45, 7) is 0.840.